The number of rotatable bonds is 6. The summed E-state index contributed by atoms with van der Waals surface area (Å²) >= 11 is 5.73. The maximum absolute atomic E-state index is 11.8. The number of carboxylic acid groups (broad SMARTS) is 1. The van der Waals surface area contributed by atoms with Crippen LogP contribution in [0.4, 0.5) is 0 Å². The number of nitrogens with one attached hydrogen (secondary N) is 1. The number of aliphatic hydroxyl groups excluding tert-OH is 1. The smallest absolute Gasteiger partial charge is 0.324 e. The molecule has 0 saturated heterocycles. The molecular weight excluding hydrogens is 294 g/mol. The lowest BCUT2D eigenvalue weighted by molar-refractivity contribution is -0.141. The maximum atomic E-state index is 11.8. The summed E-state index contributed by atoms with van der Waals surface area (Å²) in [7, 11) is -3.89. The molecule has 0 saturated carbocycles. The summed E-state index contributed by atoms with van der Waals surface area (Å²) in [6, 6.07) is 4.64. The van der Waals surface area contributed by atoms with E-state index in [2.05, 4.69) is 0 Å². The number of aliphatic carboxylic acids is 1. The van der Waals surface area contributed by atoms with Crippen LogP contribution in [0.1, 0.15) is 12.5 Å². The third-order valence-corrected chi connectivity index (χ3v) is 3.86. The minimum atomic E-state index is -3.89. The minimum Gasteiger partial charge on any atom is -0.480 e. The summed E-state index contributed by atoms with van der Waals surface area (Å²) in [6.45, 7) is 1.20. The van der Waals surface area contributed by atoms with Gasteiger partial charge in [0.15, 0.2) is 0 Å². The van der Waals surface area contributed by atoms with Gasteiger partial charge in [-0.2, -0.15) is 4.72 Å². The quantitative estimate of drug-likeness (QED) is 0.714. The molecule has 0 spiro atoms. The van der Waals surface area contributed by atoms with Gasteiger partial charge in [-0.25, -0.2) is 8.42 Å². The molecule has 1 rings (SSSR count). The highest BCUT2D eigenvalue weighted by Crippen LogP contribution is 2.13. The average Bonchev–Trinajstić information content (AvgIpc) is 2.24. The van der Waals surface area contributed by atoms with Gasteiger partial charge in [0.1, 0.15) is 6.04 Å². The van der Waals surface area contributed by atoms with Gasteiger partial charge in [-0.15, -0.1) is 0 Å². The summed E-state index contributed by atoms with van der Waals surface area (Å²) in [4.78, 5) is 10.8. The highest BCUT2D eigenvalue weighted by atomic mass is 35.5. The first-order chi connectivity index (χ1) is 8.71. The Bertz CT molecular complexity index is 558. The number of hydrogen-bond donors (Lipinski definition) is 3. The molecule has 1 aromatic carbocycles. The molecule has 0 radical (unpaired) electrons. The molecule has 8 heteroatoms. The van der Waals surface area contributed by atoms with E-state index < -0.39 is 33.9 Å². The van der Waals surface area contributed by atoms with E-state index in [1.807, 2.05) is 4.72 Å². The molecule has 6 nitrogen and oxygen atoms in total. The van der Waals surface area contributed by atoms with Crippen molar-refractivity contribution in [1.29, 1.82) is 0 Å². The molecule has 0 amide bonds. The first kappa shape index (κ1) is 15.9. The predicted molar refractivity (Wildman–Crippen MR) is 70.3 cm³/mol. The van der Waals surface area contributed by atoms with Crippen molar-refractivity contribution in [2.45, 2.75) is 24.8 Å². The molecule has 2 atom stereocenters. The molecule has 0 aliphatic rings. The van der Waals surface area contributed by atoms with E-state index in [0.717, 1.165) is 0 Å². The zero-order chi connectivity index (χ0) is 14.6. The van der Waals surface area contributed by atoms with Crippen molar-refractivity contribution in [3.05, 3.63) is 34.9 Å². The molecule has 106 valence electrons. The fourth-order valence-corrected chi connectivity index (χ4v) is 3.04. The van der Waals surface area contributed by atoms with Crippen molar-refractivity contribution in [3.63, 3.8) is 0 Å². The second-order valence-electron chi connectivity index (χ2n) is 4.06. The number of aliphatic hydroxyl groups is 1. The molecule has 0 fully saturated rings. The summed E-state index contributed by atoms with van der Waals surface area (Å²) in [5, 5.41) is 18.4. The Balaban J connectivity index is 2.84. The van der Waals surface area contributed by atoms with Crippen LogP contribution in [0, 0.1) is 0 Å². The number of carboxylic acids is 1. The number of hydrogen-bond acceptors (Lipinski definition) is 4. The van der Waals surface area contributed by atoms with Crippen LogP contribution in [0.3, 0.4) is 0 Å². The Hall–Kier alpha value is -1.15. The number of sulfonamides is 1. The molecule has 1 aromatic rings. The fourth-order valence-electron chi connectivity index (χ4n) is 1.44. The van der Waals surface area contributed by atoms with Gasteiger partial charge in [0.2, 0.25) is 10.0 Å². The second kappa shape index (κ2) is 6.33. The molecule has 0 bridgehead atoms. The van der Waals surface area contributed by atoms with Gasteiger partial charge < -0.3 is 10.2 Å². The number of carbonyl (C=O) groups is 1. The summed E-state index contributed by atoms with van der Waals surface area (Å²) in [5.41, 5.74) is 0.426. The van der Waals surface area contributed by atoms with Gasteiger partial charge in [-0.3, -0.25) is 4.79 Å². The first-order valence-corrected chi connectivity index (χ1v) is 7.39. The molecule has 0 aliphatic heterocycles. The third kappa shape index (κ3) is 5.15. The van der Waals surface area contributed by atoms with Crippen molar-refractivity contribution in [2.75, 3.05) is 0 Å². The van der Waals surface area contributed by atoms with Crippen molar-refractivity contribution in [3.8, 4) is 0 Å². The monoisotopic (exact) mass is 307 g/mol. The fraction of sp³-hybridized carbons (Fsp3) is 0.364. The minimum absolute atomic E-state index is 0.387. The van der Waals surface area contributed by atoms with E-state index in [1.54, 1.807) is 18.2 Å². The Morgan fingerprint density at radius 3 is 2.58 bits per heavy atom. The van der Waals surface area contributed by atoms with Crippen LogP contribution in [0.25, 0.3) is 0 Å². The van der Waals surface area contributed by atoms with Crippen LogP contribution in [0.2, 0.25) is 5.02 Å². The van der Waals surface area contributed by atoms with Crippen molar-refractivity contribution < 1.29 is 23.4 Å². The molecule has 19 heavy (non-hydrogen) atoms. The maximum Gasteiger partial charge on any atom is 0.324 e. The van der Waals surface area contributed by atoms with E-state index >= 15 is 0 Å². The van der Waals surface area contributed by atoms with Crippen LogP contribution in [-0.4, -0.2) is 36.7 Å². The van der Waals surface area contributed by atoms with Crippen LogP contribution >= 0.6 is 11.6 Å². The van der Waals surface area contributed by atoms with E-state index in [9.17, 15) is 18.3 Å². The standard InChI is InChI=1S/C11H14ClNO5S/c1-7(14)10(11(15)16)13-19(17,18)6-8-3-2-4-9(12)5-8/h2-5,7,10,13-14H,6H2,1H3,(H,15,16)/t7-,10-/m0/s1. The Morgan fingerprint density at radius 1 is 1.47 bits per heavy atom. The molecule has 0 unspecified atom stereocenters. The molecule has 3 N–H and O–H groups in total. The van der Waals surface area contributed by atoms with Crippen molar-refractivity contribution in [2.24, 2.45) is 0 Å². The van der Waals surface area contributed by atoms with Gasteiger partial charge in [-0.05, 0) is 24.6 Å². The summed E-state index contributed by atoms with van der Waals surface area (Å²) in [6.07, 6.45) is -1.34. The van der Waals surface area contributed by atoms with Gasteiger partial charge in [-0.1, -0.05) is 23.7 Å². The third-order valence-electron chi connectivity index (χ3n) is 2.30. The highest BCUT2D eigenvalue weighted by Gasteiger charge is 2.28. The molecular formula is C11H14ClNO5S. The predicted octanol–water partition coefficient (Wildman–Crippen LogP) is 0.593. The van der Waals surface area contributed by atoms with Crippen LogP contribution < -0.4 is 4.72 Å². The lowest BCUT2D eigenvalue weighted by atomic mass is 10.2. The van der Waals surface area contributed by atoms with E-state index in [-0.39, 0.29) is 0 Å². The highest BCUT2D eigenvalue weighted by molar-refractivity contribution is 7.88. The molecule has 0 aromatic heterocycles. The molecule has 0 aliphatic carbocycles. The van der Waals surface area contributed by atoms with E-state index in [1.165, 1.54) is 13.0 Å². The zero-order valence-electron chi connectivity index (χ0n) is 10.1. The van der Waals surface area contributed by atoms with Gasteiger partial charge in [0.05, 0.1) is 11.9 Å². The Kier molecular flexibility index (Phi) is 5.30. The number of halogens is 1. The van der Waals surface area contributed by atoms with Gasteiger partial charge in [0.25, 0.3) is 0 Å². The zero-order valence-corrected chi connectivity index (χ0v) is 11.6. The Morgan fingerprint density at radius 2 is 2.11 bits per heavy atom. The summed E-state index contributed by atoms with van der Waals surface area (Å²) < 4.78 is 25.5. The SMILES string of the molecule is C[C@H](O)[C@H](NS(=O)(=O)Cc1cccc(Cl)c1)C(=O)O. The second-order valence-corrected chi connectivity index (χ2v) is 6.25. The molecule has 0 heterocycles. The lowest BCUT2D eigenvalue weighted by Gasteiger charge is -2.17. The number of benzene rings is 1. The van der Waals surface area contributed by atoms with Gasteiger partial charge >= 0.3 is 5.97 Å². The normalized spacial score (nSPS) is 14.9. The van der Waals surface area contributed by atoms with Crippen LogP contribution in [-0.2, 0) is 20.6 Å². The summed E-state index contributed by atoms with van der Waals surface area (Å²) in [5.74, 6) is -1.85. The van der Waals surface area contributed by atoms with Crippen molar-refractivity contribution in [1.82, 2.24) is 4.72 Å². The largest absolute Gasteiger partial charge is 0.480 e. The Labute approximate surface area is 116 Å². The lowest BCUT2D eigenvalue weighted by Crippen LogP contribution is -2.47. The van der Waals surface area contributed by atoms with E-state index in [4.69, 9.17) is 16.7 Å². The van der Waals surface area contributed by atoms with Crippen molar-refractivity contribution >= 4 is 27.6 Å². The topological polar surface area (TPSA) is 104 Å². The van der Waals surface area contributed by atoms with Crippen LogP contribution in [0.15, 0.2) is 24.3 Å². The average molecular weight is 308 g/mol. The van der Waals surface area contributed by atoms with Crippen LogP contribution in [0.5, 0.6) is 0 Å². The van der Waals surface area contributed by atoms with E-state index in [0.29, 0.717) is 10.6 Å². The van der Waals surface area contributed by atoms with Gasteiger partial charge in [0, 0.05) is 5.02 Å². The first-order valence-electron chi connectivity index (χ1n) is 5.36.